The number of fused-ring (bicyclic) bond motifs is 2. The number of amides is 6. The summed E-state index contributed by atoms with van der Waals surface area (Å²) in [5.41, 5.74) is 1.02. The maximum Gasteiger partial charge on any atom is 0.315 e. The Bertz CT molecular complexity index is 2110. The van der Waals surface area contributed by atoms with Crippen LogP contribution in [0, 0.1) is 10.1 Å². The third kappa shape index (κ3) is 9.70. The molecule has 18 heteroatoms. The van der Waals surface area contributed by atoms with Gasteiger partial charge < -0.3 is 44.9 Å². The molecule has 1 fully saturated rings. The summed E-state index contributed by atoms with van der Waals surface area (Å²) >= 11 is 0. The molecule has 3 N–H and O–H groups in total. The van der Waals surface area contributed by atoms with Crippen molar-refractivity contribution in [2.45, 2.75) is 76.3 Å². The quantitative estimate of drug-likeness (QED) is 0.249. The van der Waals surface area contributed by atoms with Gasteiger partial charge in [0.25, 0.3) is 0 Å². The molecular weight excluding hydrogens is 766 g/mol. The Labute approximate surface area is 341 Å². The van der Waals surface area contributed by atoms with Gasteiger partial charge in [0.1, 0.15) is 47.8 Å². The van der Waals surface area contributed by atoms with Crippen LogP contribution in [-0.2, 0) is 48.0 Å². The number of hydrogen-bond acceptors (Lipinski definition) is 11. The van der Waals surface area contributed by atoms with Crippen molar-refractivity contribution in [2.24, 2.45) is 0 Å². The number of nitro benzene ring substituents is 1. The molecule has 314 valence electrons. The smallest absolute Gasteiger partial charge is 0.315 e. The lowest BCUT2D eigenvalue weighted by Gasteiger charge is -2.36. The molecule has 6 amide bonds. The van der Waals surface area contributed by atoms with Crippen LogP contribution < -0.4 is 30.2 Å². The van der Waals surface area contributed by atoms with Crippen molar-refractivity contribution in [1.82, 2.24) is 30.7 Å². The Morgan fingerprint density at radius 1 is 0.678 bits per heavy atom. The second-order valence-electron chi connectivity index (χ2n) is 14.7. The molecule has 0 saturated carbocycles. The van der Waals surface area contributed by atoms with E-state index in [0.717, 1.165) is 4.90 Å². The van der Waals surface area contributed by atoms with Crippen molar-refractivity contribution in [3.8, 4) is 23.0 Å². The maximum absolute atomic E-state index is 14.7. The second kappa shape index (κ2) is 18.3. The zero-order valence-electron chi connectivity index (χ0n) is 34.1. The molecule has 6 atom stereocenters. The fraction of sp³-hybridized carbons (Fsp3) is 0.415. The summed E-state index contributed by atoms with van der Waals surface area (Å²) in [6.45, 7) is 4.28. The summed E-state index contributed by atoms with van der Waals surface area (Å²) in [5, 5.41) is 20.2. The first kappa shape index (κ1) is 43.4. The summed E-state index contributed by atoms with van der Waals surface area (Å²) < 4.78 is 16.7. The van der Waals surface area contributed by atoms with E-state index in [4.69, 9.17) is 14.2 Å². The van der Waals surface area contributed by atoms with Crippen molar-refractivity contribution in [2.75, 3.05) is 35.4 Å². The lowest BCUT2D eigenvalue weighted by atomic mass is 9.98. The average Bonchev–Trinajstić information content (AvgIpc) is 3.21. The molecule has 3 aromatic carbocycles. The lowest BCUT2D eigenvalue weighted by Crippen LogP contribution is -2.61. The van der Waals surface area contributed by atoms with E-state index in [1.54, 1.807) is 48.5 Å². The highest BCUT2D eigenvalue weighted by Gasteiger charge is 2.39. The van der Waals surface area contributed by atoms with Gasteiger partial charge in [-0.1, -0.05) is 24.3 Å². The molecule has 59 heavy (non-hydrogen) atoms. The predicted molar refractivity (Wildman–Crippen MR) is 213 cm³/mol. The van der Waals surface area contributed by atoms with Gasteiger partial charge in [-0.3, -0.25) is 38.9 Å². The van der Waals surface area contributed by atoms with Gasteiger partial charge in [-0.15, -0.1) is 0 Å². The van der Waals surface area contributed by atoms with E-state index in [9.17, 15) is 38.9 Å². The molecule has 0 radical (unpaired) electrons. The number of nitrogens with one attached hydrogen (secondary N) is 3. The SMILES string of the molecule is COc1ccc(C[C@H]2C(=O)N[C@@H](C)C(=O)N(C)[C@H]3Cc4ccc(cc4)Oc4cc(cc([N+](=O)[O-])c4OC)C[C@@H](C(=O)N[C@H](C)C(=O)N[C@@H](C)C(=O)N2C)N(C)C3=O)cc1. The highest BCUT2D eigenvalue weighted by atomic mass is 16.6. The molecule has 6 bridgehead atoms. The third-order valence-corrected chi connectivity index (χ3v) is 10.6. The molecule has 0 aliphatic carbocycles. The number of nitrogens with zero attached hydrogens (tertiary/aromatic N) is 4. The maximum atomic E-state index is 14.7. The van der Waals surface area contributed by atoms with Gasteiger partial charge in [0.05, 0.1) is 19.1 Å². The molecule has 0 spiro atoms. The monoisotopic (exact) mass is 815 g/mol. The fourth-order valence-corrected chi connectivity index (χ4v) is 7.08. The van der Waals surface area contributed by atoms with Crippen molar-refractivity contribution in [1.29, 1.82) is 0 Å². The summed E-state index contributed by atoms with van der Waals surface area (Å²) in [6.07, 6.45) is -0.296. The topological polar surface area (TPSA) is 219 Å². The van der Waals surface area contributed by atoms with Crippen LogP contribution in [0.4, 0.5) is 5.69 Å². The van der Waals surface area contributed by atoms with Crippen LogP contribution in [0.3, 0.4) is 0 Å². The first-order valence-corrected chi connectivity index (χ1v) is 18.9. The first-order valence-electron chi connectivity index (χ1n) is 18.9. The number of benzene rings is 3. The van der Waals surface area contributed by atoms with Gasteiger partial charge in [0, 0.05) is 46.5 Å². The number of ether oxygens (including phenoxy) is 3. The molecular formula is C41H49N7O11. The minimum atomic E-state index is -1.40. The van der Waals surface area contributed by atoms with Crippen LogP contribution in [0.2, 0.25) is 0 Å². The van der Waals surface area contributed by atoms with Crippen LogP contribution in [0.15, 0.2) is 60.7 Å². The number of nitro groups is 1. The zero-order valence-corrected chi connectivity index (χ0v) is 34.1. The molecule has 6 rings (SSSR count). The molecule has 1 saturated heterocycles. The van der Waals surface area contributed by atoms with Crippen LogP contribution in [0.1, 0.15) is 37.5 Å². The summed E-state index contributed by atoms with van der Waals surface area (Å²) in [5.74, 6) is -3.46. The van der Waals surface area contributed by atoms with Gasteiger partial charge in [-0.25, -0.2) is 0 Å². The van der Waals surface area contributed by atoms with E-state index in [-0.39, 0.29) is 42.1 Å². The molecule has 3 aliphatic heterocycles. The van der Waals surface area contributed by atoms with Crippen molar-refractivity contribution in [3.05, 3.63) is 87.5 Å². The van der Waals surface area contributed by atoms with Crippen molar-refractivity contribution in [3.63, 3.8) is 0 Å². The minimum Gasteiger partial charge on any atom is -0.497 e. The Morgan fingerprint density at radius 3 is 1.83 bits per heavy atom. The number of rotatable bonds is 5. The molecule has 3 heterocycles. The standard InChI is InChI=1S/C41H49N7O11/c1-22-36(49)43-23(2)39(52)45(4)31(17-25-9-13-28(57-7)14-10-25)38(51)44-24(3)40(53)47(6)33-18-26-11-15-29(16-12-26)59-34-21-27(19-30(48(55)56)35(34)58-8)20-32(37(50)42-22)46(5)41(33)54/h9-16,19,21-24,31-33H,17-18,20H2,1-8H3,(H,42,50)(H,43,49)(H,44,51)/t22-,23+,24+,31+,32+,33+/m1/s1. The van der Waals surface area contributed by atoms with E-state index < -0.39 is 82.3 Å². The van der Waals surface area contributed by atoms with Gasteiger partial charge in [-0.05, 0) is 67.8 Å². The Kier molecular flexibility index (Phi) is 13.4. The highest BCUT2D eigenvalue weighted by Crippen LogP contribution is 2.41. The minimum absolute atomic E-state index is 0.0158. The van der Waals surface area contributed by atoms with Gasteiger partial charge in [-0.2, -0.15) is 0 Å². The number of methoxy groups -OCH3 is 2. The van der Waals surface area contributed by atoms with Crippen LogP contribution in [0.5, 0.6) is 23.0 Å². The van der Waals surface area contributed by atoms with Crippen molar-refractivity contribution >= 4 is 41.1 Å². The Hall–Kier alpha value is -6.72. The summed E-state index contributed by atoms with van der Waals surface area (Å²) in [6, 6.07) is 8.68. The van der Waals surface area contributed by atoms with Gasteiger partial charge in [0.2, 0.25) is 41.2 Å². The van der Waals surface area contributed by atoms with Crippen LogP contribution in [-0.4, -0.2) is 127 Å². The van der Waals surface area contributed by atoms with Crippen LogP contribution in [0.25, 0.3) is 0 Å². The first-order chi connectivity index (χ1) is 27.9. The molecule has 3 aliphatic rings. The van der Waals surface area contributed by atoms with Gasteiger partial charge in [0.15, 0.2) is 5.75 Å². The summed E-state index contributed by atoms with van der Waals surface area (Å²) in [7, 11) is 6.95. The molecule has 0 aromatic heterocycles. The van der Waals surface area contributed by atoms with E-state index in [2.05, 4.69) is 16.0 Å². The molecule has 18 nitrogen and oxygen atoms in total. The third-order valence-electron chi connectivity index (χ3n) is 10.6. The van der Waals surface area contributed by atoms with Gasteiger partial charge >= 0.3 is 5.69 Å². The van der Waals surface area contributed by atoms with Crippen molar-refractivity contribution < 1.29 is 47.9 Å². The zero-order chi connectivity index (χ0) is 43.3. The Morgan fingerprint density at radius 2 is 1.24 bits per heavy atom. The molecule has 0 unspecified atom stereocenters. The van der Waals surface area contributed by atoms with E-state index in [1.807, 2.05) is 0 Å². The average molecular weight is 816 g/mol. The highest BCUT2D eigenvalue weighted by molar-refractivity contribution is 5.98. The molecule has 3 aromatic rings. The normalized spacial score (nSPS) is 23.6. The number of carbonyl (C=O) groups excluding carboxylic acids is 6. The second-order valence-corrected chi connectivity index (χ2v) is 14.7. The number of likely N-dealkylation sites (N-methyl/N-ethyl adjacent to an activating group) is 3. The summed E-state index contributed by atoms with van der Waals surface area (Å²) in [4.78, 5) is 99.8. The van der Waals surface area contributed by atoms with Crippen LogP contribution >= 0.6 is 0 Å². The number of hydrogen-bond donors (Lipinski definition) is 3. The number of carbonyl (C=O) groups is 6. The lowest BCUT2D eigenvalue weighted by molar-refractivity contribution is -0.385. The van der Waals surface area contributed by atoms with E-state index >= 15 is 0 Å². The predicted octanol–water partition coefficient (Wildman–Crippen LogP) is 1.75. The largest absolute Gasteiger partial charge is 0.497 e. The van der Waals surface area contributed by atoms with E-state index in [1.165, 1.54) is 78.1 Å². The fourth-order valence-electron chi connectivity index (χ4n) is 7.08. The van der Waals surface area contributed by atoms with E-state index in [0.29, 0.717) is 16.9 Å². The Balaban J connectivity index is 1.61.